The molecule has 0 aromatic rings. The highest BCUT2D eigenvalue weighted by atomic mass is 16.5. The SMILES string of the molecule is CC(C)[C@@H]1O[C@H](C)C[C@H](C)[C@H]1O. The van der Waals surface area contributed by atoms with Gasteiger partial charge in [0.15, 0.2) is 0 Å². The molecule has 72 valence electrons. The van der Waals surface area contributed by atoms with E-state index in [0.29, 0.717) is 17.9 Å². The van der Waals surface area contributed by atoms with Crippen LogP contribution in [-0.4, -0.2) is 23.4 Å². The van der Waals surface area contributed by atoms with Crippen molar-refractivity contribution in [2.45, 2.75) is 52.4 Å². The van der Waals surface area contributed by atoms with Crippen molar-refractivity contribution in [2.24, 2.45) is 11.8 Å². The minimum Gasteiger partial charge on any atom is -0.390 e. The minimum absolute atomic E-state index is 0.0312. The third-order valence-corrected chi connectivity index (χ3v) is 2.67. The predicted molar refractivity (Wildman–Crippen MR) is 49.0 cm³/mol. The van der Waals surface area contributed by atoms with Gasteiger partial charge in [-0.1, -0.05) is 20.8 Å². The van der Waals surface area contributed by atoms with Crippen LogP contribution in [0.4, 0.5) is 0 Å². The van der Waals surface area contributed by atoms with Crippen molar-refractivity contribution < 1.29 is 9.84 Å². The standard InChI is InChI=1S/C10H20O2/c1-6(2)10-9(11)7(3)5-8(4)12-10/h6-11H,5H2,1-4H3/t7-,8+,9+,10-/m0/s1. The van der Waals surface area contributed by atoms with Crippen molar-refractivity contribution in [3.8, 4) is 0 Å². The monoisotopic (exact) mass is 172 g/mol. The molecule has 1 heterocycles. The molecule has 2 heteroatoms. The fourth-order valence-electron chi connectivity index (χ4n) is 1.94. The van der Waals surface area contributed by atoms with Crippen LogP contribution < -0.4 is 0 Å². The fraction of sp³-hybridized carbons (Fsp3) is 1.00. The van der Waals surface area contributed by atoms with E-state index in [9.17, 15) is 5.11 Å². The summed E-state index contributed by atoms with van der Waals surface area (Å²) in [6.07, 6.45) is 1.03. The van der Waals surface area contributed by atoms with E-state index in [1.807, 2.05) is 0 Å². The molecule has 1 aliphatic rings. The van der Waals surface area contributed by atoms with Gasteiger partial charge in [-0.2, -0.15) is 0 Å². The van der Waals surface area contributed by atoms with Gasteiger partial charge in [-0.05, 0) is 25.2 Å². The molecule has 0 aromatic heterocycles. The molecule has 0 bridgehead atoms. The third kappa shape index (κ3) is 1.99. The van der Waals surface area contributed by atoms with Crippen LogP contribution in [0, 0.1) is 11.8 Å². The molecule has 0 aliphatic carbocycles. The Morgan fingerprint density at radius 2 is 1.92 bits per heavy atom. The Bertz CT molecular complexity index is 145. The second-order valence-corrected chi connectivity index (χ2v) is 4.36. The van der Waals surface area contributed by atoms with Gasteiger partial charge in [0.25, 0.3) is 0 Å². The van der Waals surface area contributed by atoms with Crippen molar-refractivity contribution in [1.82, 2.24) is 0 Å². The van der Waals surface area contributed by atoms with Gasteiger partial charge in [-0.25, -0.2) is 0 Å². The Kier molecular flexibility index (Phi) is 3.13. The molecule has 1 aliphatic heterocycles. The smallest absolute Gasteiger partial charge is 0.0862 e. The molecular formula is C10H20O2. The van der Waals surface area contributed by atoms with Gasteiger partial charge < -0.3 is 9.84 Å². The van der Waals surface area contributed by atoms with Crippen LogP contribution in [0.25, 0.3) is 0 Å². The third-order valence-electron chi connectivity index (χ3n) is 2.67. The average Bonchev–Trinajstić information content (AvgIpc) is 1.96. The zero-order chi connectivity index (χ0) is 9.30. The van der Waals surface area contributed by atoms with Crippen molar-refractivity contribution in [3.05, 3.63) is 0 Å². The molecule has 1 rings (SSSR count). The summed E-state index contributed by atoms with van der Waals surface area (Å²) in [7, 11) is 0. The Morgan fingerprint density at radius 1 is 1.33 bits per heavy atom. The molecule has 2 nitrogen and oxygen atoms in total. The first-order chi connectivity index (χ1) is 5.52. The number of rotatable bonds is 1. The molecule has 0 aromatic carbocycles. The van der Waals surface area contributed by atoms with E-state index in [1.54, 1.807) is 0 Å². The van der Waals surface area contributed by atoms with Crippen molar-refractivity contribution in [3.63, 3.8) is 0 Å². The maximum Gasteiger partial charge on any atom is 0.0862 e. The van der Waals surface area contributed by atoms with E-state index in [1.165, 1.54) is 0 Å². The topological polar surface area (TPSA) is 29.5 Å². The molecule has 0 spiro atoms. The highest BCUT2D eigenvalue weighted by molar-refractivity contribution is 4.83. The summed E-state index contributed by atoms with van der Waals surface area (Å²) in [5.41, 5.74) is 0. The number of aliphatic hydroxyl groups is 1. The average molecular weight is 172 g/mol. The van der Waals surface area contributed by atoms with Gasteiger partial charge in [-0.15, -0.1) is 0 Å². The number of hydrogen-bond donors (Lipinski definition) is 1. The van der Waals surface area contributed by atoms with Crippen LogP contribution in [0.5, 0.6) is 0 Å². The van der Waals surface area contributed by atoms with Gasteiger partial charge in [0.05, 0.1) is 18.3 Å². The highest BCUT2D eigenvalue weighted by Crippen LogP contribution is 2.28. The largest absolute Gasteiger partial charge is 0.390 e. The molecular weight excluding hydrogens is 152 g/mol. The van der Waals surface area contributed by atoms with E-state index in [2.05, 4.69) is 27.7 Å². The van der Waals surface area contributed by atoms with Crippen LogP contribution in [0.3, 0.4) is 0 Å². The Hall–Kier alpha value is -0.0800. The molecule has 1 fully saturated rings. The van der Waals surface area contributed by atoms with Crippen molar-refractivity contribution in [2.75, 3.05) is 0 Å². The van der Waals surface area contributed by atoms with Crippen molar-refractivity contribution >= 4 is 0 Å². The molecule has 0 unspecified atom stereocenters. The predicted octanol–water partition coefficient (Wildman–Crippen LogP) is 1.82. The van der Waals surface area contributed by atoms with Crippen LogP contribution in [0.15, 0.2) is 0 Å². The van der Waals surface area contributed by atoms with E-state index in [-0.39, 0.29) is 12.2 Å². The maximum absolute atomic E-state index is 9.80. The van der Waals surface area contributed by atoms with E-state index in [4.69, 9.17) is 4.74 Å². The first-order valence-electron chi connectivity index (χ1n) is 4.86. The van der Waals surface area contributed by atoms with E-state index in [0.717, 1.165) is 6.42 Å². The van der Waals surface area contributed by atoms with Crippen LogP contribution in [0.1, 0.15) is 34.1 Å². The van der Waals surface area contributed by atoms with Gasteiger partial charge in [-0.3, -0.25) is 0 Å². The summed E-state index contributed by atoms with van der Waals surface area (Å²) >= 11 is 0. The van der Waals surface area contributed by atoms with E-state index >= 15 is 0 Å². The second kappa shape index (κ2) is 3.75. The quantitative estimate of drug-likeness (QED) is 0.653. The Morgan fingerprint density at radius 3 is 2.42 bits per heavy atom. The number of hydrogen-bond acceptors (Lipinski definition) is 2. The molecule has 1 N–H and O–H groups in total. The number of ether oxygens (including phenoxy) is 1. The van der Waals surface area contributed by atoms with E-state index < -0.39 is 0 Å². The lowest BCUT2D eigenvalue weighted by atomic mass is 9.86. The first kappa shape index (κ1) is 10.0. The summed E-state index contributed by atoms with van der Waals surface area (Å²) in [5.74, 6) is 0.784. The molecule has 1 saturated heterocycles. The first-order valence-corrected chi connectivity index (χ1v) is 4.86. The molecule has 0 radical (unpaired) electrons. The van der Waals surface area contributed by atoms with Gasteiger partial charge in [0.1, 0.15) is 0 Å². The van der Waals surface area contributed by atoms with Crippen LogP contribution in [-0.2, 0) is 4.74 Å². The molecule has 0 amide bonds. The highest BCUT2D eigenvalue weighted by Gasteiger charge is 2.34. The lowest BCUT2D eigenvalue weighted by Gasteiger charge is -2.38. The summed E-state index contributed by atoms with van der Waals surface area (Å²) < 4.78 is 5.68. The van der Waals surface area contributed by atoms with Gasteiger partial charge >= 0.3 is 0 Å². The molecule has 4 atom stereocenters. The normalized spacial score (nSPS) is 43.5. The summed E-state index contributed by atoms with van der Waals surface area (Å²) in [4.78, 5) is 0. The lowest BCUT2D eigenvalue weighted by Crippen LogP contribution is -2.45. The zero-order valence-corrected chi connectivity index (χ0v) is 8.45. The number of aliphatic hydroxyl groups excluding tert-OH is 1. The lowest BCUT2D eigenvalue weighted by molar-refractivity contribution is -0.151. The molecule has 0 saturated carbocycles. The van der Waals surface area contributed by atoms with Gasteiger partial charge in [0, 0.05) is 0 Å². The van der Waals surface area contributed by atoms with Crippen molar-refractivity contribution in [1.29, 1.82) is 0 Å². The Labute approximate surface area is 74.9 Å². The zero-order valence-electron chi connectivity index (χ0n) is 8.45. The van der Waals surface area contributed by atoms with Gasteiger partial charge in [0.2, 0.25) is 0 Å². The second-order valence-electron chi connectivity index (χ2n) is 4.36. The summed E-state index contributed by atoms with van der Waals surface area (Å²) in [6.45, 7) is 8.37. The van der Waals surface area contributed by atoms with Crippen LogP contribution >= 0.6 is 0 Å². The maximum atomic E-state index is 9.80. The summed E-state index contributed by atoms with van der Waals surface area (Å²) in [5, 5.41) is 9.80. The minimum atomic E-state index is -0.277. The summed E-state index contributed by atoms with van der Waals surface area (Å²) in [6, 6.07) is 0. The van der Waals surface area contributed by atoms with Crippen LogP contribution in [0.2, 0.25) is 0 Å². The Balaban J connectivity index is 2.60. The fourth-order valence-corrected chi connectivity index (χ4v) is 1.94. The molecule has 12 heavy (non-hydrogen) atoms.